The van der Waals surface area contributed by atoms with E-state index in [4.69, 9.17) is 11.6 Å². The Morgan fingerprint density at radius 3 is 2.67 bits per heavy atom. The van der Waals surface area contributed by atoms with Gasteiger partial charge in [0, 0.05) is 43.8 Å². The minimum atomic E-state index is 0.345. The Morgan fingerprint density at radius 1 is 1.38 bits per heavy atom. The van der Waals surface area contributed by atoms with Gasteiger partial charge in [0.15, 0.2) is 0 Å². The second-order valence-electron chi connectivity index (χ2n) is 6.78. The zero-order chi connectivity index (χ0) is 15.0. The van der Waals surface area contributed by atoms with Crippen molar-refractivity contribution in [3.05, 3.63) is 16.4 Å². The maximum atomic E-state index is 6.46. The van der Waals surface area contributed by atoms with Crippen LogP contribution in [0.25, 0.3) is 0 Å². The van der Waals surface area contributed by atoms with Crippen LogP contribution in [0.5, 0.6) is 0 Å². The second kappa shape index (κ2) is 5.90. The van der Waals surface area contributed by atoms with Gasteiger partial charge in [-0.15, -0.1) is 0 Å². The molecule has 1 unspecified atom stereocenters. The first-order valence-electron chi connectivity index (χ1n) is 8.22. The molecule has 0 amide bonds. The first kappa shape index (κ1) is 15.3. The molecule has 4 nitrogen and oxygen atoms in total. The number of hydrogen-bond acceptors (Lipinski definition) is 3. The predicted octanol–water partition coefficient (Wildman–Crippen LogP) is 2.88. The summed E-state index contributed by atoms with van der Waals surface area (Å²) >= 11 is 6.46. The van der Waals surface area contributed by atoms with Crippen LogP contribution in [0.15, 0.2) is 0 Å². The molecule has 1 aromatic rings. The fourth-order valence-electron chi connectivity index (χ4n) is 4.05. The molecule has 0 bridgehead atoms. The lowest BCUT2D eigenvalue weighted by atomic mass is 9.90. The molecule has 1 aliphatic heterocycles. The van der Waals surface area contributed by atoms with Crippen molar-refractivity contribution >= 4 is 11.6 Å². The van der Waals surface area contributed by atoms with E-state index in [1.807, 2.05) is 7.05 Å². The topological polar surface area (TPSA) is 33.1 Å². The van der Waals surface area contributed by atoms with Gasteiger partial charge < -0.3 is 5.32 Å². The SMILES string of the molecule is CCC1CN(Cc2c(C)nn(C)c2Cl)C2(CCCC2)CN1. The highest BCUT2D eigenvalue weighted by atomic mass is 35.5. The minimum Gasteiger partial charge on any atom is -0.311 e. The Kier molecular flexibility index (Phi) is 4.30. The van der Waals surface area contributed by atoms with Crippen LogP contribution in [0.1, 0.15) is 50.3 Å². The monoisotopic (exact) mass is 310 g/mol. The third-order valence-electron chi connectivity index (χ3n) is 5.48. The lowest BCUT2D eigenvalue weighted by molar-refractivity contribution is 0.0348. The van der Waals surface area contributed by atoms with Crippen molar-refractivity contribution in [1.82, 2.24) is 20.0 Å². The van der Waals surface area contributed by atoms with E-state index in [2.05, 4.69) is 29.2 Å². The van der Waals surface area contributed by atoms with Crippen LogP contribution in [0, 0.1) is 6.92 Å². The first-order chi connectivity index (χ1) is 10.1. The zero-order valence-electron chi connectivity index (χ0n) is 13.5. The summed E-state index contributed by atoms with van der Waals surface area (Å²) < 4.78 is 1.80. The summed E-state index contributed by atoms with van der Waals surface area (Å²) in [4.78, 5) is 2.70. The molecule has 118 valence electrons. The van der Waals surface area contributed by atoms with Crippen molar-refractivity contribution in [3.63, 3.8) is 0 Å². The van der Waals surface area contributed by atoms with Crippen LogP contribution >= 0.6 is 11.6 Å². The number of piperazine rings is 1. The van der Waals surface area contributed by atoms with E-state index in [0.29, 0.717) is 11.6 Å². The minimum absolute atomic E-state index is 0.345. The highest BCUT2D eigenvalue weighted by Crippen LogP contribution is 2.38. The van der Waals surface area contributed by atoms with Gasteiger partial charge in [-0.05, 0) is 26.2 Å². The predicted molar refractivity (Wildman–Crippen MR) is 86.6 cm³/mol. The van der Waals surface area contributed by atoms with E-state index >= 15 is 0 Å². The van der Waals surface area contributed by atoms with E-state index in [1.54, 1.807) is 4.68 Å². The number of rotatable bonds is 3. The molecular formula is C16H27ClN4. The van der Waals surface area contributed by atoms with E-state index in [0.717, 1.165) is 30.5 Å². The summed E-state index contributed by atoms with van der Waals surface area (Å²) in [5.41, 5.74) is 2.63. The maximum absolute atomic E-state index is 6.46. The Labute approximate surface area is 132 Å². The largest absolute Gasteiger partial charge is 0.311 e. The van der Waals surface area contributed by atoms with Crippen molar-refractivity contribution < 1.29 is 0 Å². The Balaban J connectivity index is 1.85. The number of halogens is 1. The Hall–Kier alpha value is -0.580. The molecule has 1 aromatic heterocycles. The number of nitrogens with one attached hydrogen (secondary N) is 1. The first-order valence-corrected chi connectivity index (χ1v) is 8.60. The summed E-state index contributed by atoms with van der Waals surface area (Å²) in [5, 5.41) is 9.03. The third kappa shape index (κ3) is 2.73. The highest BCUT2D eigenvalue weighted by Gasteiger charge is 2.43. The van der Waals surface area contributed by atoms with Crippen LogP contribution in [0.3, 0.4) is 0 Å². The molecule has 3 rings (SSSR count). The molecule has 2 heterocycles. The number of nitrogens with zero attached hydrogens (tertiary/aromatic N) is 3. The molecule has 1 aliphatic carbocycles. The smallest absolute Gasteiger partial charge is 0.131 e. The van der Waals surface area contributed by atoms with Crippen LogP contribution in [-0.2, 0) is 13.6 Å². The lowest BCUT2D eigenvalue weighted by Crippen LogP contribution is -2.63. The van der Waals surface area contributed by atoms with Crippen LogP contribution in [-0.4, -0.2) is 39.4 Å². The Morgan fingerprint density at radius 2 is 2.10 bits per heavy atom. The number of aromatic nitrogens is 2. The number of aryl methyl sites for hydroxylation is 2. The van der Waals surface area contributed by atoms with E-state index in [1.165, 1.54) is 37.7 Å². The fourth-order valence-corrected chi connectivity index (χ4v) is 4.28. The summed E-state index contributed by atoms with van der Waals surface area (Å²) in [5.74, 6) is 0. The van der Waals surface area contributed by atoms with Gasteiger partial charge in [0.1, 0.15) is 5.15 Å². The zero-order valence-corrected chi connectivity index (χ0v) is 14.2. The molecule has 5 heteroatoms. The summed E-state index contributed by atoms with van der Waals surface area (Å²) in [7, 11) is 1.93. The van der Waals surface area contributed by atoms with Gasteiger partial charge in [0.25, 0.3) is 0 Å². The fraction of sp³-hybridized carbons (Fsp3) is 0.812. The molecule has 0 radical (unpaired) electrons. The van der Waals surface area contributed by atoms with Crippen LogP contribution in [0.2, 0.25) is 5.15 Å². The van der Waals surface area contributed by atoms with Crippen molar-refractivity contribution in [2.75, 3.05) is 13.1 Å². The molecule has 1 spiro atoms. The summed E-state index contributed by atoms with van der Waals surface area (Å²) in [6.45, 7) is 7.53. The van der Waals surface area contributed by atoms with Crippen molar-refractivity contribution in [3.8, 4) is 0 Å². The maximum Gasteiger partial charge on any atom is 0.131 e. The van der Waals surface area contributed by atoms with Gasteiger partial charge in [-0.3, -0.25) is 9.58 Å². The van der Waals surface area contributed by atoms with Gasteiger partial charge >= 0.3 is 0 Å². The van der Waals surface area contributed by atoms with Crippen molar-refractivity contribution in [2.45, 2.75) is 64.1 Å². The van der Waals surface area contributed by atoms with Crippen LogP contribution < -0.4 is 5.32 Å². The van der Waals surface area contributed by atoms with Gasteiger partial charge in [0.2, 0.25) is 0 Å². The molecule has 1 saturated heterocycles. The Bertz CT molecular complexity index is 505. The second-order valence-corrected chi connectivity index (χ2v) is 7.13. The van der Waals surface area contributed by atoms with E-state index in [9.17, 15) is 0 Å². The standard InChI is InChI=1S/C16H27ClN4/c1-4-13-9-21(16(11-18-13)7-5-6-8-16)10-14-12(2)19-20(3)15(14)17/h13,18H,4-11H2,1-3H3. The van der Waals surface area contributed by atoms with E-state index < -0.39 is 0 Å². The molecule has 1 saturated carbocycles. The molecule has 1 atom stereocenters. The number of hydrogen-bond donors (Lipinski definition) is 1. The van der Waals surface area contributed by atoms with Gasteiger partial charge in [-0.1, -0.05) is 31.4 Å². The average Bonchev–Trinajstić information content (AvgIpc) is 3.03. The lowest BCUT2D eigenvalue weighted by Gasteiger charge is -2.48. The average molecular weight is 311 g/mol. The molecule has 2 fully saturated rings. The molecule has 0 aromatic carbocycles. The molecule has 2 aliphatic rings. The van der Waals surface area contributed by atoms with Gasteiger partial charge in [0.05, 0.1) is 5.69 Å². The summed E-state index contributed by atoms with van der Waals surface area (Å²) in [6.07, 6.45) is 6.52. The van der Waals surface area contributed by atoms with Gasteiger partial charge in [-0.2, -0.15) is 5.10 Å². The summed E-state index contributed by atoms with van der Waals surface area (Å²) in [6, 6.07) is 0.604. The van der Waals surface area contributed by atoms with Crippen molar-refractivity contribution in [2.24, 2.45) is 7.05 Å². The molecule has 21 heavy (non-hydrogen) atoms. The van der Waals surface area contributed by atoms with Gasteiger partial charge in [-0.25, -0.2) is 0 Å². The molecular weight excluding hydrogens is 284 g/mol. The highest BCUT2D eigenvalue weighted by molar-refractivity contribution is 6.30. The normalized spacial score (nSPS) is 25.8. The third-order valence-corrected chi connectivity index (χ3v) is 5.95. The van der Waals surface area contributed by atoms with E-state index in [-0.39, 0.29) is 0 Å². The molecule has 1 N–H and O–H groups in total. The van der Waals surface area contributed by atoms with Crippen LogP contribution in [0.4, 0.5) is 0 Å². The van der Waals surface area contributed by atoms with Crippen molar-refractivity contribution in [1.29, 1.82) is 0 Å². The quantitative estimate of drug-likeness (QED) is 0.932.